The van der Waals surface area contributed by atoms with Crippen LogP contribution in [-0.4, -0.2) is 22.8 Å². The van der Waals surface area contributed by atoms with E-state index in [-0.39, 0.29) is 18.0 Å². The first-order chi connectivity index (χ1) is 8.80. The molecule has 1 aliphatic carbocycles. The minimum atomic E-state index is -0.683. The number of carbonyl (C=O) groups excluding carboxylic acids is 1. The Morgan fingerprint density at radius 3 is 2.21 bits per heavy atom. The van der Waals surface area contributed by atoms with E-state index in [9.17, 15) is 9.90 Å². The molecule has 1 rings (SSSR count). The van der Waals surface area contributed by atoms with Gasteiger partial charge in [0.2, 0.25) is 0 Å². The van der Waals surface area contributed by atoms with Crippen molar-refractivity contribution in [3.8, 4) is 0 Å². The summed E-state index contributed by atoms with van der Waals surface area (Å²) in [5, 5.41) is 10.7. The third-order valence-electron chi connectivity index (χ3n) is 5.06. The van der Waals surface area contributed by atoms with Crippen LogP contribution in [0.4, 0.5) is 0 Å². The van der Waals surface area contributed by atoms with Crippen LogP contribution in [0.1, 0.15) is 73.1 Å². The molecule has 0 amide bonds. The van der Waals surface area contributed by atoms with Crippen LogP contribution >= 0.6 is 0 Å². The molecule has 3 heteroatoms. The normalized spacial score (nSPS) is 24.5. The summed E-state index contributed by atoms with van der Waals surface area (Å²) in [4.78, 5) is 12.2. The topological polar surface area (TPSA) is 46.5 Å². The van der Waals surface area contributed by atoms with Crippen LogP contribution in [0.3, 0.4) is 0 Å². The van der Waals surface area contributed by atoms with E-state index >= 15 is 0 Å². The molecule has 19 heavy (non-hydrogen) atoms. The van der Waals surface area contributed by atoms with Crippen molar-refractivity contribution in [2.24, 2.45) is 11.3 Å². The van der Waals surface area contributed by atoms with Crippen molar-refractivity contribution in [1.29, 1.82) is 0 Å². The van der Waals surface area contributed by atoms with Gasteiger partial charge in [0.25, 0.3) is 0 Å². The summed E-state index contributed by atoms with van der Waals surface area (Å²) >= 11 is 0. The van der Waals surface area contributed by atoms with Gasteiger partial charge >= 0.3 is 5.97 Å². The minimum absolute atomic E-state index is 0.0964. The predicted octanol–water partition coefficient (Wildman–Crippen LogP) is 3.69. The summed E-state index contributed by atoms with van der Waals surface area (Å²) in [5.74, 6) is -0.0273. The lowest BCUT2D eigenvalue weighted by molar-refractivity contribution is -0.167. The smallest absolute Gasteiger partial charge is 0.311 e. The van der Waals surface area contributed by atoms with Crippen LogP contribution in [0.2, 0.25) is 0 Å². The molecule has 0 aromatic heterocycles. The second kappa shape index (κ2) is 6.25. The lowest BCUT2D eigenvalue weighted by atomic mass is 9.80. The lowest BCUT2D eigenvalue weighted by Gasteiger charge is -2.36. The first-order valence-corrected chi connectivity index (χ1v) is 7.74. The number of aliphatic hydroxyl groups is 1. The van der Waals surface area contributed by atoms with E-state index in [0.29, 0.717) is 0 Å². The lowest BCUT2D eigenvalue weighted by Crippen LogP contribution is -2.43. The van der Waals surface area contributed by atoms with Crippen LogP contribution < -0.4 is 0 Å². The van der Waals surface area contributed by atoms with Crippen molar-refractivity contribution in [3.05, 3.63) is 0 Å². The number of carbonyl (C=O) groups is 1. The molecule has 0 spiro atoms. The molecule has 0 bridgehead atoms. The zero-order valence-electron chi connectivity index (χ0n) is 13.2. The third kappa shape index (κ3) is 3.50. The Bertz CT molecular complexity index is 305. The molecule has 1 saturated carbocycles. The third-order valence-corrected chi connectivity index (χ3v) is 5.06. The summed E-state index contributed by atoms with van der Waals surface area (Å²) in [6.07, 6.45) is 5.00. The SMILES string of the molecule is CCC(C)(C)C(=O)OC1CCCC1C(O)(CC)CC. The Hall–Kier alpha value is -0.570. The van der Waals surface area contributed by atoms with Gasteiger partial charge in [-0.05, 0) is 52.4 Å². The van der Waals surface area contributed by atoms with Crippen LogP contribution in [0.25, 0.3) is 0 Å². The van der Waals surface area contributed by atoms with Crippen LogP contribution in [-0.2, 0) is 9.53 Å². The van der Waals surface area contributed by atoms with Gasteiger partial charge in [-0.2, -0.15) is 0 Å². The molecule has 1 fully saturated rings. The Balaban J connectivity index is 2.75. The molecule has 3 nitrogen and oxygen atoms in total. The summed E-state index contributed by atoms with van der Waals surface area (Å²) in [6, 6.07) is 0. The molecular weight excluding hydrogens is 240 g/mol. The minimum Gasteiger partial charge on any atom is -0.462 e. The average molecular weight is 270 g/mol. The van der Waals surface area contributed by atoms with E-state index in [0.717, 1.165) is 38.5 Å². The fraction of sp³-hybridized carbons (Fsp3) is 0.938. The number of rotatable bonds is 6. The number of ether oxygens (including phenoxy) is 1. The molecule has 2 atom stereocenters. The van der Waals surface area contributed by atoms with E-state index in [1.165, 1.54) is 0 Å². The monoisotopic (exact) mass is 270 g/mol. The van der Waals surface area contributed by atoms with E-state index in [1.807, 2.05) is 34.6 Å². The Labute approximate surface area is 117 Å². The van der Waals surface area contributed by atoms with Gasteiger partial charge in [-0.25, -0.2) is 0 Å². The van der Waals surface area contributed by atoms with Crippen molar-refractivity contribution in [1.82, 2.24) is 0 Å². The number of esters is 1. The van der Waals surface area contributed by atoms with Gasteiger partial charge in [0.15, 0.2) is 0 Å². The standard InChI is InChI=1S/C16H30O3/c1-6-15(4,5)14(17)19-13-11-9-10-12(13)16(18,7-2)8-3/h12-13,18H,6-11H2,1-5H3. The summed E-state index contributed by atoms with van der Waals surface area (Å²) in [6.45, 7) is 9.87. The van der Waals surface area contributed by atoms with Crippen molar-refractivity contribution in [2.45, 2.75) is 84.8 Å². The van der Waals surface area contributed by atoms with Crippen LogP contribution in [0, 0.1) is 11.3 Å². The van der Waals surface area contributed by atoms with E-state index in [2.05, 4.69) is 0 Å². The maximum absolute atomic E-state index is 12.2. The second-order valence-corrected chi connectivity index (χ2v) is 6.53. The fourth-order valence-corrected chi connectivity index (χ4v) is 2.90. The summed E-state index contributed by atoms with van der Waals surface area (Å²) in [5.41, 5.74) is -1.11. The van der Waals surface area contributed by atoms with Gasteiger partial charge in [-0.3, -0.25) is 4.79 Å². The Kier molecular flexibility index (Phi) is 5.43. The largest absolute Gasteiger partial charge is 0.462 e. The van der Waals surface area contributed by atoms with E-state index in [4.69, 9.17) is 4.74 Å². The highest BCUT2D eigenvalue weighted by Gasteiger charge is 2.44. The van der Waals surface area contributed by atoms with E-state index < -0.39 is 11.0 Å². The molecule has 0 aliphatic heterocycles. The van der Waals surface area contributed by atoms with Gasteiger partial charge in [-0.15, -0.1) is 0 Å². The highest BCUT2D eigenvalue weighted by Crippen LogP contribution is 2.40. The Morgan fingerprint density at radius 1 is 1.16 bits per heavy atom. The quantitative estimate of drug-likeness (QED) is 0.749. The molecule has 0 heterocycles. The van der Waals surface area contributed by atoms with Gasteiger partial charge in [-0.1, -0.05) is 20.8 Å². The maximum atomic E-state index is 12.2. The first-order valence-electron chi connectivity index (χ1n) is 7.74. The molecule has 0 aromatic carbocycles. The predicted molar refractivity (Wildman–Crippen MR) is 76.8 cm³/mol. The average Bonchev–Trinajstić information content (AvgIpc) is 2.86. The van der Waals surface area contributed by atoms with Crippen LogP contribution in [0.15, 0.2) is 0 Å². The van der Waals surface area contributed by atoms with Crippen molar-refractivity contribution in [2.75, 3.05) is 0 Å². The molecule has 0 aromatic rings. The zero-order chi connectivity index (χ0) is 14.7. The molecule has 0 radical (unpaired) electrons. The molecule has 1 aliphatic rings. The van der Waals surface area contributed by atoms with Crippen molar-refractivity contribution < 1.29 is 14.6 Å². The first kappa shape index (κ1) is 16.5. The van der Waals surface area contributed by atoms with Gasteiger partial charge in [0.1, 0.15) is 6.10 Å². The van der Waals surface area contributed by atoms with Gasteiger partial charge < -0.3 is 9.84 Å². The molecule has 0 saturated heterocycles. The Morgan fingerprint density at radius 2 is 1.74 bits per heavy atom. The highest BCUT2D eigenvalue weighted by atomic mass is 16.5. The van der Waals surface area contributed by atoms with Crippen molar-refractivity contribution >= 4 is 5.97 Å². The number of hydrogen-bond donors (Lipinski definition) is 1. The molecule has 2 unspecified atom stereocenters. The number of hydrogen-bond acceptors (Lipinski definition) is 3. The molecule has 112 valence electrons. The summed E-state index contributed by atoms with van der Waals surface area (Å²) in [7, 11) is 0. The van der Waals surface area contributed by atoms with Gasteiger partial charge in [0, 0.05) is 5.92 Å². The second-order valence-electron chi connectivity index (χ2n) is 6.53. The maximum Gasteiger partial charge on any atom is 0.311 e. The molecular formula is C16H30O3. The molecule has 1 N–H and O–H groups in total. The van der Waals surface area contributed by atoms with Crippen molar-refractivity contribution in [3.63, 3.8) is 0 Å². The van der Waals surface area contributed by atoms with E-state index in [1.54, 1.807) is 0 Å². The fourth-order valence-electron chi connectivity index (χ4n) is 2.90. The summed E-state index contributed by atoms with van der Waals surface area (Å²) < 4.78 is 5.73. The van der Waals surface area contributed by atoms with Gasteiger partial charge in [0.05, 0.1) is 11.0 Å². The zero-order valence-corrected chi connectivity index (χ0v) is 13.2. The highest BCUT2D eigenvalue weighted by molar-refractivity contribution is 5.76. The van der Waals surface area contributed by atoms with Crippen LogP contribution in [0.5, 0.6) is 0 Å².